The molecule has 0 radical (unpaired) electrons. The molecule has 2 aromatic carbocycles. The van der Waals surface area contributed by atoms with E-state index >= 15 is 0 Å². The van der Waals surface area contributed by atoms with E-state index in [-0.39, 0.29) is 37.6 Å². The van der Waals surface area contributed by atoms with Crippen LogP contribution in [0.1, 0.15) is 152 Å². The zero-order chi connectivity index (χ0) is 35.1. The van der Waals surface area contributed by atoms with Crippen LogP contribution in [0.15, 0.2) is 48.5 Å². The molecule has 0 spiro atoms. The van der Waals surface area contributed by atoms with Crippen molar-refractivity contribution >= 4 is 17.5 Å². The second-order valence-corrected chi connectivity index (χ2v) is 13.6. The number of hydroxylamine groups is 1. The number of hydrogen-bond acceptors (Lipinski definition) is 7. The van der Waals surface area contributed by atoms with Gasteiger partial charge in [-0.2, -0.15) is 0 Å². The van der Waals surface area contributed by atoms with Crippen molar-refractivity contribution < 1.29 is 29.4 Å². The quantitative estimate of drug-likeness (QED) is 0.0470. The van der Waals surface area contributed by atoms with Crippen molar-refractivity contribution in [2.75, 3.05) is 25.0 Å². The van der Waals surface area contributed by atoms with Crippen molar-refractivity contribution in [1.29, 1.82) is 0 Å². The van der Waals surface area contributed by atoms with Crippen molar-refractivity contribution in [3.05, 3.63) is 65.2 Å². The Labute approximate surface area is 295 Å². The fourth-order valence-electron chi connectivity index (χ4n) is 6.46. The minimum atomic E-state index is -0.597. The number of aliphatic hydroxyl groups excluding tert-OH is 1. The Morgan fingerprint density at radius 3 is 1.98 bits per heavy atom. The van der Waals surface area contributed by atoms with Gasteiger partial charge in [0.25, 0.3) is 0 Å². The average molecular weight is 682 g/mol. The van der Waals surface area contributed by atoms with Crippen LogP contribution in [-0.4, -0.2) is 52.8 Å². The Morgan fingerprint density at radius 2 is 1.37 bits per heavy atom. The molecule has 9 nitrogen and oxygen atoms in total. The van der Waals surface area contributed by atoms with Gasteiger partial charge in [0, 0.05) is 37.1 Å². The third-order valence-corrected chi connectivity index (χ3v) is 9.36. The standard InChI is InChI=1S/C40H63N3O6/c1-3-5-7-9-11-15-26-43(27-16-12-10-8-6-4-2)30-36-29-37(33-24-22-32(31-44)23-25-33)49-40(48-36)34-18-17-19-35(28-34)41-38(45)20-13-14-21-39(46)42-47/h17-19,22-25,28,36-37,40,44,47H,3-16,20-21,26-27,29-31H2,1-2H3,(H,41,45)(H,42,46)/t36-,37+,40+/m1/s1. The first kappa shape index (κ1) is 40.6. The lowest BCUT2D eigenvalue weighted by Crippen LogP contribution is -2.40. The highest BCUT2D eigenvalue weighted by atomic mass is 16.7. The number of anilines is 1. The number of amides is 2. The van der Waals surface area contributed by atoms with Crippen molar-refractivity contribution in [1.82, 2.24) is 10.4 Å². The average Bonchev–Trinajstić information content (AvgIpc) is 3.12. The maximum atomic E-state index is 12.6. The lowest BCUT2D eigenvalue weighted by Gasteiger charge is -2.38. The van der Waals surface area contributed by atoms with Crippen LogP contribution < -0.4 is 10.8 Å². The molecule has 274 valence electrons. The second-order valence-electron chi connectivity index (χ2n) is 13.6. The topological polar surface area (TPSA) is 120 Å². The molecule has 0 aliphatic carbocycles. The Balaban J connectivity index is 1.70. The maximum Gasteiger partial charge on any atom is 0.243 e. The van der Waals surface area contributed by atoms with Crippen LogP contribution in [0.2, 0.25) is 0 Å². The smallest absolute Gasteiger partial charge is 0.243 e. The normalized spacial score (nSPS) is 17.7. The lowest BCUT2D eigenvalue weighted by atomic mass is 9.99. The molecule has 9 heteroatoms. The minimum absolute atomic E-state index is 0.00250. The van der Waals surface area contributed by atoms with E-state index in [4.69, 9.17) is 14.7 Å². The van der Waals surface area contributed by atoms with Gasteiger partial charge in [0.2, 0.25) is 11.8 Å². The van der Waals surface area contributed by atoms with Gasteiger partial charge in [-0.05, 0) is 62.0 Å². The number of aliphatic hydroxyl groups is 1. The molecule has 1 aliphatic heterocycles. The van der Waals surface area contributed by atoms with E-state index in [9.17, 15) is 14.7 Å². The molecule has 1 aliphatic rings. The molecule has 0 unspecified atom stereocenters. The van der Waals surface area contributed by atoms with Gasteiger partial charge >= 0.3 is 0 Å². The van der Waals surface area contributed by atoms with Crippen LogP contribution in [0.4, 0.5) is 5.69 Å². The van der Waals surface area contributed by atoms with Crippen LogP contribution in [0.5, 0.6) is 0 Å². The summed E-state index contributed by atoms with van der Waals surface area (Å²) in [5.74, 6) is -0.582. The van der Waals surface area contributed by atoms with Crippen molar-refractivity contribution in [3.63, 3.8) is 0 Å². The number of ether oxygens (including phenoxy) is 2. The number of hydrogen-bond donors (Lipinski definition) is 4. The number of rotatable bonds is 25. The first-order valence-electron chi connectivity index (χ1n) is 19.0. The molecular formula is C40H63N3O6. The summed E-state index contributed by atoms with van der Waals surface area (Å²) in [6, 6.07) is 15.6. The fraction of sp³-hybridized carbons (Fsp3) is 0.650. The molecule has 49 heavy (non-hydrogen) atoms. The molecule has 1 heterocycles. The number of carbonyl (C=O) groups excluding carboxylic acids is 2. The van der Waals surface area contributed by atoms with Gasteiger partial charge in [-0.15, -0.1) is 0 Å². The van der Waals surface area contributed by atoms with E-state index in [2.05, 4.69) is 24.1 Å². The van der Waals surface area contributed by atoms with Crippen LogP contribution in [0.25, 0.3) is 0 Å². The summed E-state index contributed by atoms with van der Waals surface area (Å²) in [7, 11) is 0. The van der Waals surface area contributed by atoms with Gasteiger partial charge in [0.1, 0.15) is 0 Å². The highest BCUT2D eigenvalue weighted by Gasteiger charge is 2.33. The SMILES string of the molecule is CCCCCCCCN(CCCCCCCC)C[C@H]1C[C@@H](c2ccc(CO)cc2)O[C@@H](c2cccc(NC(=O)CCCCC(=O)NO)c2)O1. The number of carbonyl (C=O) groups is 2. The summed E-state index contributed by atoms with van der Waals surface area (Å²) >= 11 is 0. The van der Waals surface area contributed by atoms with Crippen LogP contribution in [0.3, 0.4) is 0 Å². The third kappa shape index (κ3) is 16.2. The largest absolute Gasteiger partial charge is 0.392 e. The first-order valence-corrected chi connectivity index (χ1v) is 19.0. The van der Waals surface area contributed by atoms with Gasteiger partial charge in [0.05, 0.1) is 18.8 Å². The van der Waals surface area contributed by atoms with E-state index < -0.39 is 12.2 Å². The molecular weight excluding hydrogens is 618 g/mol. The van der Waals surface area contributed by atoms with Gasteiger partial charge in [-0.1, -0.05) is 114 Å². The van der Waals surface area contributed by atoms with E-state index in [0.717, 1.165) is 42.7 Å². The second kappa shape index (κ2) is 24.3. The number of benzene rings is 2. The molecule has 0 saturated carbocycles. The predicted octanol–water partition coefficient (Wildman–Crippen LogP) is 8.75. The Bertz CT molecular complexity index is 1180. The molecule has 3 atom stereocenters. The Hall–Kier alpha value is -2.82. The lowest BCUT2D eigenvalue weighted by molar-refractivity contribution is -0.253. The van der Waals surface area contributed by atoms with Gasteiger partial charge in [-0.25, -0.2) is 5.48 Å². The summed E-state index contributed by atoms with van der Waals surface area (Å²) in [5, 5.41) is 21.2. The van der Waals surface area contributed by atoms with Crippen LogP contribution in [-0.2, 0) is 25.7 Å². The first-order chi connectivity index (χ1) is 23.9. The van der Waals surface area contributed by atoms with E-state index in [1.54, 1.807) is 5.48 Å². The van der Waals surface area contributed by atoms with E-state index in [1.807, 2.05) is 48.5 Å². The van der Waals surface area contributed by atoms with Gasteiger partial charge in [-0.3, -0.25) is 14.8 Å². The number of nitrogens with one attached hydrogen (secondary N) is 2. The highest BCUT2D eigenvalue weighted by molar-refractivity contribution is 5.90. The Morgan fingerprint density at radius 1 is 0.755 bits per heavy atom. The summed E-state index contributed by atoms with van der Waals surface area (Å²) in [6.45, 7) is 7.53. The highest BCUT2D eigenvalue weighted by Crippen LogP contribution is 2.38. The monoisotopic (exact) mass is 681 g/mol. The minimum Gasteiger partial charge on any atom is -0.392 e. The van der Waals surface area contributed by atoms with Crippen molar-refractivity contribution in [3.8, 4) is 0 Å². The summed E-state index contributed by atoms with van der Waals surface area (Å²) < 4.78 is 13.3. The predicted molar refractivity (Wildman–Crippen MR) is 195 cm³/mol. The zero-order valence-corrected chi connectivity index (χ0v) is 30.2. The summed E-state index contributed by atoms with van der Waals surface area (Å²) in [6.07, 6.45) is 16.8. The summed E-state index contributed by atoms with van der Waals surface area (Å²) in [4.78, 5) is 26.5. The Kier molecular flexibility index (Phi) is 20.2. The zero-order valence-electron chi connectivity index (χ0n) is 30.2. The van der Waals surface area contributed by atoms with Gasteiger partial charge < -0.3 is 24.8 Å². The molecule has 0 aromatic heterocycles. The molecule has 3 rings (SSSR count). The molecule has 1 saturated heterocycles. The van der Waals surface area contributed by atoms with Crippen LogP contribution >= 0.6 is 0 Å². The van der Waals surface area contributed by atoms with E-state index in [0.29, 0.717) is 18.5 Å². The molecule has 1 fully saturated rings. The van der Waals surface area contributed by atoms with E-state index in [1.165, 1.54) is 77.0 Å². The molecule has 2 amide bonds. The molecule has 0 bridgehead atoms. The van der Waals surface area contributed by atoms with Gasteiger partial charge in [0.15, 0.2) is 6.29 Å². The maximum absolute atomic E-state index is 12.6. The third-order valence-electron chi connectivity index (χ3n) is 9.36. The number of unbranched alkanes of at least 4 members (excludes halogenated alkanes) is 11. The number of nitrogens with zero attached hydrogens (tertiary/aromatic N) is 1. The van der Waals surface area contributed by atoms with Crippen molar-refractivity contribution in [2.24, 2.45) is 0 Å². The van der Waals surface area contributed by atoms with Crippen LogP contribution in [0, 0.1) is 0 Å². The molecule has 4 N–H and O–H groups in total. The summed E-state index contributed by atoms with van der Waals surface area (Å²) in [5.41, 5.74) is 5.07. The molecule has 2 aromatic rings. The van der Waals surface area contributed by atoms with Crippen molar-refractivity contribution in [2.45, 2.75) is 148 Å². The fourth-order valence-corrected chi connectivity index (χ4v) is 6.46.